The average Bonchev–Trinajstić information content (AvgIpc) is 2.46. The van der Waals surface area contributed by atoms with Crippen LogP contribution < -0.4 is 9.47 Å². The molecule has 0 aliphatic carbocycles. The zero-order chi connectivity index (χ0) is 15.0. The molecule has 0 radical (unpaired) electrons. The molecule has 0 unspecified atom stereocenters. The minimum atomic E-state index is -0.353. The van der Waals surface area contributed by atoms with Gasteiger partial charge in [0.15, 0.2) is 11.5 Å². The second-order valence-electron chi connectivity index (χ2n) is 4.64. The number of carbonyl (C=O) groups is 2. The number of ether oxygens (including phenoxy) is 2. The monoisotopic (exact) mass is 278 g/mol. The summed E-state index contributed by atoms with van der Waals surface area (Å²) in [5, 5.41) is 0. The standard InChI is InChI=1S/C16H22O4/c1-4-12(5-2)11-16(18)20-14-10-8-7-9-13(14)19-15(17)6-3/h7-10,12H,4-6,11H2,1-3H3. The molecule has 0 aliphatic rings. The van der Waals surface area contributed by atoms with Crippen LogP contribution in [0.4, 0.5) is 0 Å². The van der Waals surface area contributed by atoms with Crippen molar-refractivity contribution in [2.45, 2.75) is 46.5 Å². The normalized spacial score (nSPS) is 10.4. The van der Waals surface area contributed by atoms with Gasteiger partial charge < -0.3 is 9.47 Å². The summed E-state index contributed by atoms with van der Waals surface area (Å²) in [4.78, 5) is 23.2. The van der Waals surface area contributed by atoms with E-state index < -0.39 is 0 Å². The third kappa shape index (κ3) is 5.03. The van der Waals surface area contributed by atoms with E-state index in [0.717, 1.165) is 12.8 Å². The van der Waals surface area contributed by atoms with Gasteiger partial charge in [0.1, 0.15) is 0 Å². The fourth-order valence-electron chi connectivity index (χ4n) is 1.79. The lowest BCUT2D eigenvalue weighted by atomic mass is 10.00. The molecular weight excluding hydrogens is 256 g/mol. The van der Waals surface area contributed by atoms with Crippen LogP contribution >= 0.6 is 0 Å². The van der Waals surface area contributed by atoms with Crippen molar-refractivity contribution in [1.29, 1.82) is 0 Å². The van der Waals surface area contributed by atoms with Gasteiger partial charge in [-0.25, -0.2) is 0 Å². The molecule has 0 saturated heterocycles. The molecule has 0 spiro atoms. The van der Waals surface area contributed by atoms with E-state index in [1.807, 2.05) is 0 Å². The highest BCUT2D eigenvalue weighted by molar-refractivity contribution is 5.76. The van der Waals surface area contributed by atoms with Gasteiger partial charge in [-0.3, -0.25) is 9.59 Å². The molecule has 0 fully saturated rings. The van der Waals surface area contributed by atoms with E-state index in [9.17, 15) is 9.59 Å². The lowest BCUT2D eigenvalue weighted by Crippen LogP contribution is -2.14. The molecule has 20 heavy (non-hydrogen) atoms. The van der Waals surface area contributed by atoms with Crippen molar-refractivity contribution in [3.05, 3.63) is 24.3 Å². The van der Waals surface area contributed by atoms with Crippen LogP contribution in [0.25, 0.3) is 0 Å². The van der Waals surface area contributed by atoms with Gasteiger partial charge in [0.05, 0.1) is 0 Å². The molecule has 0 aromatic heterocycles. The van der Waals surface area contributed by atoms with Crippen LogP contribution in [0, 0.1) is 5.92 Å². The molecule has 0 atom stereocenters. The zero-order valence-corrected chi connectivity index (χ0v) is 12.3. The van der Waals surface area contributed by atoms with E-state index in [1.165, 1.54) is 0 Å². The first-order chi connectivity index (χ1) is 9.60. The van der Waals surface area contributed by atoms with Crippen LogP contribution in [0.5, 0.6) is 11.5 Å². The number of benzene rings is 1. The number of carbonyl (C=O) groups excluding carboxylic acids is 2. The van der Waals surface area contributed by atoms with Crippen LogP contribution in [-0.4, -0.2) is 11.9 Å². The summed E-state index contributed by atoms with van der Waals surface area (Å²) in [7, 11) is 0. The summed E-state index contributed by atoms with van der Waals surface area (Å²) < 4.78 is 10.4. The molecule has 1 aromatic rings. The maximum absolute atomic E-state index is 11.9. The van der Waals surface area contributed by atoms with Crippen molar-refractivity contribution in [1.82, 2.24) is 0 Å². The molecule has 4 heteroatoms. The lowest BCUT2D eigenvalue weighted by Gasteiger charge is -2.13. The highest BCUT2D eigenvalue weighted by atomic mass is 16.6. The molecule has 1 rings (SSSR count). The predicted octanol–water partition coefficient (Wildman–Crippen LogP) is 3.73. The molecule has 0 saturated carbocycles. The molecule has 0 N–H and O–H groups in total. The molecule has 0 bridgehead atoms. The first kappa shape index (κ1) is 16.2. The van der Waals surface area contributed by atoms with Gasteiger partial charge in [-0.1, -0.05) is 45.7 Å². The Morgan fingerprint density at radius 2 is 1.45 bits per heavy atom. The summed E-state index contributed by atoms with van der Waals surface area (Å²) in [5.41, 5.74) is 0. The van der Waals surface area contributed by atoms with Crippen molar-refractivity contribution in [3.63, 3.8) is 0 Å². The molecular formula is C16H22O4. The number of para-hydroxylation sites is 2. The summed E-state index contributed by atoms with van der Waals surface area (Å²) in [6, 6.07) is 6.72. The predicted molar refractivity (Wildman–Crippen MR) is 76.7 cm³/mol. The van der Waals surface area contributed by atoms with Gasteiger partial charge in [0.2, 0.25) is 0 Å². The quantitative estimate of drug-likeness (QED) is 0.563. The fourth-order valence-corrected chi connectivity index (χ4v) is 1.79. The largest absolute Gasteiger partial charge is 0.423 e. The van der Waals surface area contributed by atoms with E-state index in [2.05, 4.69) is 13.8 Å². The van der Waals surface area contributed by atoms with Gasteiger partial charge in [-0.2, -0.15) is 0 Å². The smallest absolute Gasteiger partial charge is 0.311 e. The van der Waals surface area contributed by atoms with Crippen molar-refractivity contribution in [2.24, 2.45) is 5.92 Å². The minimum Gasteiger partial charge on any atom is -0.423 e. The van der Waals surface area contributed by atoms with E-state index in [4.69, 9.17) is 9.47 Å². The first-order valence-corrected chi connectivity index (χ1v) is 7.11. The summed E-state index contributed by atoms with van der Waals surface area (Å²) in [6.07, 6.45) is 2.54. The maximum atomic E-state index is 11.9. The van der Waals surface area contributed by atoms with Crippen LogP contribution in [0.3, 0.4) is 0 Å². The highest BCUT2D eigenvalue weighted by Gasteiger charge is 2.15. The molecule has 4 nitrogen and oxygen atoms in total. The number of esters is 2. The van der Waals surface area contributed by atoms with E-state index in [0.29, 0.717) is 18.1 Å². The van der Waals surface area contributed by atoms with Crippen LogP contribution in [0.2, 0.25) is 0 Å². The van der Waals surface area contributed by atoms with Crippen molar-refractivity contribution < 1.29 is 19.1 Å². The molecule has 0 aliphatic heterocycles. The summed E-state index contributed by atoms with van der Waals surface area (Å²) in [6.45, 7) is 5.82. The fraction of sp³-hybridized carbons (Fsp3) is 0.500. The van der Waals surface area contributed by atoms with Crippen LogP contribution in [-0.2, 0) is 9.59 Å². The van der Waals surface area contributed by atoms with Gasteiger partial charge in [0.25, 0.3) is 0 Å². The lowest BCUT2D eigenvalue weighted by molar-refractivity contribution is -0.137. The summed E-state index contributed by atoms with van der Waals surface area (Å²) >= 11 is 0. The van der Waals surface area contributed by atoms with Gasteiger partial charge >= 0.3 is 11.9 Å². The van der Waals surface area contributed by atoms with Crippen molar-refractivity contribution in [2.75, 3.05) is 0 Å². The Bertz CT molecular complexity index is 450. The second-order valence-corrected chi connectivity index (χ2v) is 4.64. The van der Waals surface area contributed by atoms with E-state index in [1.54, 1.807) is 31.2 Å². The third-order valence-corrected chi connectivity index (χ3v) is 3.20. The summed E-state index contributed by atoms with van der Waals surface area (Å²) in [5.74, 6) is 0.266. The Kier molecular flexibility index (Phi) is 6.77. The minimum absolute atomic E-state index is 0.274. The third-order valence-electron chi connectivity index (χ3n) is 3.20. The van der Waals surface area contributed by atoms with Crippen molar-refractivity contribution >= 4 is 11.9 Å². The Morgan fingerprint density at radius 1 is 0.950 bits per heavy atom. The van der Waals surface area contributed by atoms with Crippen molar-refractivity contribution in [3.8, 4) is 11.5 Å². The SMILES string of the molecule is CCC(=O)Oc1ccccc1OC(=O)CC(CC)CC. The maximum Gasteiger partial charge on any atom is 0.311 e. The van der Waals surface area contributed by atoms with Gasteiger partial charge in [0, 0.05) is 12.8 Å². The average molecular weight is 278 g/mol. The molecule has 110 valence electrons. The molecule has 0 amide bonds. The first-order valence-electron chi connectivity index (χ1n) is 7.11. The number of hydrogen-bond donors (Lipinski definition) is 0. The van der Waals surface area contributed by atoms with Crippen LogP contribution in [0.15, 0.2) is 24.3 Å². The van der Waals surface area contributed by atoms with Crippen LogP contribution in [0.1, 0.15) is 46.5 Å². The topological polar surface area (TPSA) is 52.6 Å². The Labute approximate surface area is 120 Å². The Balaban J connectivity index is 2.71. The van der Waals surface area contributed by atoms with E-state index in [-0.39, 0.29) is 24.1 Å². The molecule has 1 aromatic carbocycles. The zero-order valence-electron chi connectivity index (χ0n) is 12.3. The molecule has 0 heterocycles. The second kappa shape index (κ2) is 8.35. The Morgan fingerprint density at radius 3 is 1.90 bits per heavy atom. The van der Waals surface area contributed by atoms with Gasteiger partial charge in [-0.15, -0.1) is 0 Å². The number of hydrogen-bond acceptors (Lipinski definition) is 4. The van der Waals surface area contributed by atoms with E-state index >= 15 is 0 Å². The highest BCUT2D eigenvalue weighted by Crippen LogP contribution is 2.27. The van der Waals surface area contributed by atoms with Gasteiger partial charge in [-0.05, 0) is 18.1 Å². The Hall–Kier alpha value is -1.84. The number of rotatable bonds is 7.